The highest BCUT2D eigenvalue weighted by atomic mass is 35.5. The van der Waals surface area contributed by atoms with Crippen LogP contribution in [0.25, 0.3) is 0 Å². The molecule has 2 rings (SSSR count). The van der Waals surface area contributed by atoms with E-state index < -0.39 is 5.41 Å². The number of halogens is 2. The smallest absolute Gasteiger partial charge is 0.122 e. The van der Waals surface area contributed by atoms with E-state index in [1.54, 1.807) is 20.3 Å². The van der Waals surface area contributed by atoms with Crippen LogP contribution in [0.4, 0.5) is 0 Å². The van der Waals surface area contributed by atoms with Crippen molar-refractivity contribution in [1.29, 1.82) is 5.26 Å². The number of rotatable bonds is 12. The average molecular weight is 463 g/mol. The van der Waals surface area contributed by atoms with Gasteiger partial charge in [0.25, 0.3) is 0 Å². The molecule has 0 saturated heterocycles. The van der Waals surface area contributed by atoms with Crippen molar-refractivity contribution in [1.82, 2.24) is 5.32 Å². The molecule has 1 unspecified atom stereocenters. The molecule has 0 aliphatic heterocycles. The van der Waals surface area contributed by atoms with Crippen molar-refractivity contribution < 1.29 is 9.47 Å². The number of nitrogens with zero attached hydrogens (tertiary/aromatic N) is 1. The van der Waals surface area contributed by atoms with Crippen LogP contribution in [0.3, 0.4) is 0 Å². The molecule has 2 aromatic carbocycles. The van der Waals surface area contributed by atoms with E-state index in [0.717, 1.165) is 49.9 Å². The van der Waals surface area contributed by atoms with E-state index in [9.17, 15) is 5.26 Å². The first-order valence-corrected chi connectivity index (χ1v) is 11.4. The van der Waals surface area contributed by atoms with E-state index in [0.29, 0.717) is 21.5 Å². The molecule has 0 saturated carbocycles. The van der Waals surface area contributed by atoms with E-state index in [1.807, 2.05) is 30.3 Å². The second-order valence-corrected chi connectivity index (χ2v) is 8.95. The molecule has 0 aromatic heterocycles. The summed E-state index contributed by atoms with van der Waals surface area (Å²) in [5.74, 6) is 1.56. The Morgan fingerprint density at radius 3 is 2.03 bits per heavy atom. The Morgan fingerprint density at radius 2 is 1.52 bits per heavy atom. The predicted octanol–water partition coefficient (Wildman–Crippen LogP) is 6.43. The van der Waals surface area contributed by atoms with Crippen molar-refractivity contribution in [2.75, 3.05) is 27.3 Å². The highest BCUT2D eigenvalue weighted by Crippen LogP contribution is 2.39. The minimum atomic E-state index is -0.596. The number of benzene rings is 2. The number of nitrogens with one attached hydrogen (secondary N) is 1. The summed E-state index contributed by atoms with van der Waals surface area (Å²) >= 11 is 12.1. The molecule has 1 atom stereocenters. The molecule has 0 aliphatic carbocycles. The van der Waals surface area contributed by atoms with Crippen molar-refractivity contribution in [3.05, 3.63) is 57.6 Å². The van der Waals surface area contributed by atoms with E-state index in [2.05, 4.69) is 25.2 Å². The lowest BCUT2D eigenvalue weighted by molar-refractivity contribution is 0.348. The summed E-state index contributed by atoms with van der Waals surface area (Å²) in [5, 5.41) is 15.0. The lowest BCUT2D eigenvalue weighted by Gasteiger charge is -2.32. The molecule has 168 valence electrons. The molecule has 0 bridgehead atoms. The number of ether oxygens (including phenoxy) is 2. The molecule has 31 heavy (non-hydrogen) atoms. The van der Waals surface area contributed by atoms with Gasteiger partial charge in [0.05, 0.1) is 25.7 Å². The van der Waals surface area contributed by atoms with Crippen LogP contribution in [0.5, 0.6) is 11.5 Å². The van der Waals surface area contributed by atoms with Crippen LogP contribution in [0.2, 0.25) is 10.0 Å². The number of hydrogen-bond acceptors (Lipinski definition) is 4. The van der Waals surface area contributed by atoms with Crippen LogP contribution in [0, 0.1) is 17.2 Å². The Kier molecular flexibility index (Phi) is 9.96. The van der Waals surface area contributed by atoms with E-state index >= 15 is 0 Å². The molecule has 0 aliphatic rings. The first-order valence-electron chi connectivity index (χ1n) is 10.6. The monoisotopic (exact) mass is 462 g/mol. The SMILES string of the molecule is COc1cc(OC)cc(C(C#N)(CCCNCCCc2cc(Cl)cc(Cl)c2)C(C)C)c1. The first kappa shape index (κ1) is 25.3. The largest absolute Gasteiger partial charge is 0.497 e. The molecule has 1 N–H and O–H groups in total. The maximum Gasteiger partial charge on any atom is 0.122 e. The third kappa shape index (κ3) is 7.04. The summed E-state index contributed by atoms with van der Waals surface area (Å²) in [5.41, 5.74) is 1.50. The summed E-state index contributed by atoms with van der Waals surface area (Å²) in [6, 6.07) is 14.0. The number of methoxy groups -OCH3 is 2. The van der Waals surface area contributed by atoms with Crippen LogP contribution >= 0.6 is 23.2 Å². The lowest BCUT2D eigenvalue weighted by atomic mass is 9.69. The van der Waals surface area contributed by atoms with Crippen molar-refractivity contribution >= 4 is 23.2 Å². The number of nitriles is 1. The summed E-state index contributed by atoms with van der Waals surface area (Å²) in [7, 11) is 3.26. The van der Waals surface area contributed by atoms with E-state index in [-0.39, 0.29) is 5.92 Å². The second-order valence-electron chi connectivity index (χ2n) is 8.07. The highest BCUT2D eigenvalue weighted by Gasteiger charge is 2.36. The summed E-state index contributed by atoms with van der Waals surface area (Å²) in [6.07, 6.45) is 3.57. The van der Waals surface area contributed by atoms with Gasteiger partial charge in [0.1, 0.15) is 11.5 Å². The minimum absolute atomic E-state index is 0.155. The van der Waals surface area contributed by atoms with Gasteiger partial charge >= 0.3 is 0 Å². The maximum absolute atomic E-state index is 10.2. The summed E-state index contributed by atoms with van der Waals surface area (Å²) in [4.78, 5) is 0. The summed E-state index contributed by atoms with van der Waals surface area (Å²) in [6.45, 7) is 5.95. The zero-order valence-electron chi connectivity index (χ0n) is 18.8. The number of aryl methyl sites for hydroxylation is 1. The molecule has 0 spiro atoms. The van der Waals surface area contributed by atoms with Crippen LogP contribution < -0.4 is 14.8 Å². The summed E-state index contributed by atoms with van der Waals surface area (Å²) < 4.78 is 10.8. The van der Waals surface area contributed by atoms with E-state index in [1.165, 1.54) is 0 Å². The highest BCUT2D eigenvalue weighted by molar-refractivity contribution is 6.34. The fourth-order valence-corrected chi connectivity index (χ4v) is 4.44. The van der Waals surface area contributed by atoms with Crippen molar-refractivity contribution in [3.8, 4) is 17.6 Å². The van der Waals surface area contributed by atoms with Gasteiger partial charge in [-0.2, -0.15) is 5.26 Å². The predicted molar refractivity (Wildman–Crippen MR) is 129 cm³/mol. The first-order chi connectivity index (χ1) is 14.8. The fraction of sp³-hybridized carbons (Fsp3) is 0.480. The maximum atomic E-state index is 10.2. The molecule has 4 nitrogen and oxygen atoms in total. The third-order valence-corrected chi connectivity index (χ3v) is 6.15. The van der Waals surface area contributed by atoms with Gasteiger partial charge in [0, 0.05) is 16.1 Å². The van der Waals surface area contributed by atoms with Gasteiger partial charge in [-0.15, -0.1) is 0 Å². The molecular formula is C25H32Cl2N2O2. The lowest BCUT2D eigenvalue weighted by Crippen LogP contribution is -2.32. The van der Waals surface area contributed by atoms with Crippen LogP contribution in [0.15, 0.2) is 36.4 Å². The molecular weight excluding hydrogens is 431 g/mol. The van der Waals surface area contributed by atoms with E-state index in [4.69, 9.17) is 32.7 Å². The zero-order chi connectivity index (χ0) is 22.9. The number of hydrogen-bond donors (Lipinski definition) is 1. The Labute approximate surface area is 196 Å². The van der Waals surface area contributed by atoms with Crippen molar-refractivity contribution in [3.63, 3.8) is 0 Å². The minimum Gasteiger partial charge on any atom is -0.497 e. The second kappa shape index (κ2) is 12.2. The Balaban J connectivity index is 1.92. The molecule has 0 fully saturated rings. The van der Waals surface area contributed by atoms with Crippen LogP contribution in [0.1, 0.15) is 44.2 Å². The fourth-order valence-electron chi connectivity index (χ4n) is 3.87. The molecule has 6 heteroatoms. The topological polar surface area (TPSA) is 54.3 Å². The van der Waals surface area contributed by atoms with Crippen LogP contribution in [-0.2, 0) is 11.8 Å². The van der Waals surface area contributed by atoms with Gasteiger partial charge in [0.2, 0.25) is 0 Å². The normalized spacial score (nSPS) is 13.0. The van der Waals surface area contributed by atoms with Crippen LogP contribution in [-0.4, -0.2) is 27.3 Å². The molecule has 0 heterocycles. The quantitative estimate of drug-likeness (QED) is 0.369. The van der Waals surface area contributed by atoms with Gasteiger partial charge in [-0.05, 0) is 86.1 Å². The molecule has 0 radical (unpaired) electrons. The van der Waals surface area contributed by atoms with Gasteiger partial charge in [-0.1, -0.05) is 37.0 Å². The molecule has 0 amide bonds. The Morgan fingerprint density at radius 1 is 0.935 bits per heavy atom. The average Bonchev–Trinajstić information content (AvgIpc) is 2.74. The van der Waals surface area contributed by atoms with Gasteiger partial charge in [-0.25, -0.2) is 0 Å². The van der Waals surface area contributed by atoms with Crippen molar-refractivity contribution in [2.45, 2.75) is 44.9 Å². The zero-order valence-corrected chi connectivity index (χ0v) is 20.3. The third-order valence-electron chi connectivity index (χ3n) is 5.72. The standard InChI is InChI=1S/C25H32Cl2N2O2/c1-18(2)25(17-28,20-13-23(30-3)16-24(14-20)31-4)8-6-10-29-9-5-7-19-11-21(26)15-22(27)12-19/h11-16,18,29H,5-10H2,1-4H3. The molecule has 2 aromatic rings. The van der Waals surface area contributed by atoms with Gasteiger partial charge in [-0.3, -0.25) is 0 Å². The Bertz CT molecular complexity index is 853. The van der Waals surface area contributed by atoms with Gasteiger partial charge < -0.3 is 14.8 Å². The van der Waals surface area contributed by atoms with Gasteiger partial charge in [0.15, 0.2) is 0 Å². The Hall–Kier alpha value is -1.93. The van der Waals surface area contributed by atoms with Crippen molar-refractivity contribution in [2.24, 2.45) is 5.92 Å².